The highest BCUT2D eigenvalue weighted by Crippen LogP contribution is 2.37. The van der Waals surface area contributed by atoms with Gasteiger partial charge in [0.25, 0.3) is 0 Å². The molecule has 0 saturated carbocycles. The van der Waals surface area contributed by atoms with Crippen molar-refractivity contribution < 1.29 is 28.2 Å². The number of hydrogen-bond acceptors (Lipinski definition) is 6. The zero-order chi connectivity index (χ0) is 19.6. The number of hydrogen-bond donors (Lipinski definition) is 0. The molecule has 0 spiro atoms. The SMILES string of the molecule is COc1cc(/C=C2/N=C(c3cccc(F)c3)OC2=O)cc(Br)c1OC(C)=O. The van der Waals surface area contributed by atoms with Crippen LogP contribution in [0.5, 0.6) is 11.5 Å². The molecule has 1 heterocycles. The normalized spacial score (nSPS) is 14.7. The molecule has 0 bridgehead atoms. The van der Waals surface area contributed by atoms with Crippen LogP contribution in [0.25, 0.3) is 6.08 Å². The molecule has 6 nitrogen and oxygen atoms in total. The van der Waals surface area contributed by atoms with E-state index in [4.69, 9.17) is 14.2 Å². The van der Waals surface area contributed by atoms with Crippen molar-refractivity contribution in [2.45, 2.75) is 6.92 Å². The Morgan fingerprint density at radius 2 is 2.07 bits per heavy atom. The maximum absolute atomic E-state index is 13.4. The Labute approximate surface area is 162 Å². The van der Waals surface area contributed by atoms with E-state index >= 15 is 0 Å². The number of nitrogens with zero attached hydrogens (tertiary/aromatic N) is 1. The molecule has 2 aromatic rings. The van der Waals surface area contributed by atoms with Crippen molar-refractivity contribution in [1.29, 1.82) is 0 Å². The Kier molecular flexibility index (Phi) is 5.36. The molecule has 0 aromatic heterocycles. The van der Waals surface area contributed by atoms with E-state index in [0.29, 0.717) is 21.3 Å². The van der Waals surface area contributed by atoms with Gasteiger partial charge in [0.05, 0.1) is 11.6 Å². The molecular weight excluding hydrogens is 421 g/mol. The van der Waals surface area contributed by atoms with Crippen molar-refractivity contribution in [3.63, 3.8) is 0 Å². The minimum Gasteiger partial charge on any atom is -0.493 e. The van der Waals surface area contributed by atoms with E-state index in [1.807, 2.05) is 0 Å². The van der Waals surface area contributed by atoms with Crippen LogP contribution in [0, 0.1) is 5.82 Å². The number of rotatable bonds is 4. The lowest BCUT2D eigenvalue weighted by molar-refractivity contribution is -0.132. The zero-order valence-corrected chi connectivity index (χ0v) is 15.9. The van der Waals surface area contributed by atoms with Gasteiger partial charge in [-0.15, -0.1) is 0 Å². The van der Waals surface area contributed by atoms with Gasteiger partial charge in [-0.05, 0) is 57.9 Å². The highest BCUT2D eigenvalue weighted by atomic mass is 79.9. The number of halogens is 2. The lowest BCUT2D eigenvalue weighted by Gasteiger charge is -2.11. The van der Waals surface area contributed by atoms with Crippen molar-refractivity contribution in [2.75, 3.05) is 7.11 Å². The lowest BCUT2D eigenvalue weighted by atomic mass is 10.1. The Hall–Kier alpha value is -3.00. The third-order valence-electron chi connectivity index (χ3n) is 3.49. The summed E-state index contributed by atoms with van der Waals surface area (Å²) in [7, 11) is 1.43. The summed E-state index contributed by atoms with van der Waals surface area (Å²) < 4.78 is 29.3. The van der Waals surface area contributed by atoms with Crippen LogP contribution in [-0.4, -0.2) is 24.9 Å². The maximum atomic E-state index is 13.4. The summed E-state index contributed by atoms with van der Waals surface area (Å²) in [6, 6.07) is 8.81. The van der Waals surface area contributed by atoms with Crippen LogP contribution in [0.1, 0.15) is 18.1 Å². The quantitative estimate of drug-likeness (QED) is 0.415. The van der Waals surface area contributed by atoms with Gasteiger partial charge in [-0.3, -0.25) is 4.79 Å². The Balaban J connectivity index is 1.97. The van der Waals surface area contributed by atoms with Gasteiger partial charge in [0, 0.05) is 12.5 Å². The lowest BCUT2D eigenvalue weighted by Crippen LogP contribution is -2.05. The first-order valence-electron chi connectivity index (χ1n) is 7.72. The summed E-state index contributed by atoms with van der Waals surface area (Å²) >= 11 is 3.31. The molecule has 3 rings (SSSR count). The van der Waals surface area contributed by atoms with E-state index in [1.54, 1.807) is 18.2 Å². The number of esters is 2. The van der Waals surface area contributed by atoms with Crippen molar-refractivity contribution in [3.05, 3.63) is 63.5 Å². The second-order valence-electron chi connectivity index (χ2n) is 5.47. The molecule has 0 radical (unpaired) electrons. The number of cyclic esters (lactones) is 1. The van der Waals surface area contributed by atoms with E-state index in [2.05, 4.69) is 20.9 Å². The molecule has 8 heteroatoms. The summed E-state index contributed by atoms with van der Waals surface area (Å²) in [5.41, 5.74) is 0.963. The fraction of sp³-hybridized carbons (Fsp3) is 0.105. The van der Waals surface area contributed by atoms with Crippen molar-refractivity contribution in [2.24, 2.45) is 4.99 Å². The molecular formula is C19H13BrFNO5. The second-order valence-corrected chi connectivity index (χ2v) is 6.33. The molecule has 2 aromatic carbocycles. The maximum Gasteiger partial charge on any atom is 0.363 e. The van der Waals surface area contributed by atoms with Crippen LogP contribution >= 0.6 is 15.9 Å². The first kappa shape index (κ1) is 18.8. The van der Waals surface area contributed by atoms with Gasteiger partial charge in [0.15, 0.2) is 17.2 Å². The van der Waals surface area contributed by atoms with Gasteiger partial charge in [0.1, 0.15) is 5.82 Å². The van der Waals surface area contributed by atoms with Crippen LogP contribution < -0.4 is 9.47 Å². The second kappa shape index (κ2) is 7.71. The molecule has 0 amide bonds. The molecule has 0 N–H and O–H groups in total. The Bertz CT molecular complexity index is 1000. The first-order chi connectivity index (χ1) is 12.9. The molecule has 27 heavy (non-hydrogen) atoms. The smallest absolute Gasteiger partial charge is 0.363 e. The number of carbonyl (C=O) groups excluding carboxylic acids is 2. The van der Waals surface area contributed by atoms with E-state index in [0.717, 1.165) is 0 Å². The Morgan fingerprint density at radius 3 is 2.74 bits per heavy atom. The summed E-state index contributed by atoms with van der Waals surface area (Å²) in [6.07, 6.45) is 1.49. The molecule has 1 aliphatic rings. The summed E-state index contributed by atoms with van der Waals surface area (Å²) in [6.45, 7) is 1.28. The van der Waals surface area contributed by atoms with Crippen LogP contribution in [0.4, 0.5) is 4.39 Å². The van der Waals surface area contributed by atoms with E-state index < -0.39 is 17.8 Å². The van der Waals surface area contributed by atoms with Crippen molar-refractivity contribution in [3.8, 4) is 11.5 Å². The number of aliphatic imine (C=N–C) groups is 1. The minimum absolute atomic E-state index is 0.0216. The van der Waals surface area contributed by atoms with E-state index in [1.165, 1.54) is 38.3 Å². The average molecular weight is 434 g/mol. The average Bonchev–Trinajstić information content (AvgIpc) is 2.97. The van der Waals surface area contributed by atoms with Gasteiger partial charge in [-0.25, -0.2) is 14.2 Å². The number of benzene rings is 2. The topological polar surface area (TPSA) is 74.2 Å². The fourth-order valence-electron chi connectivity index (χ4n) is 2.38. The minimum atomic E-state index is -0.659. The van der Waals surface area contributed by atoms with Crippen LogP contribution in [0.2, 0.25) is 0 Å². The third-order valence-corrected chi connectivity index (χ3v) is 4.08. The van der Waals surface area contributed by atoms with Gasteiger partial charge >= 0.3 is 11.9 Å². The molecule has 0 unspecified atom stereocenters. The molecule has 1 aliphatic heterocycles. The Morgan fingerprint density at radius 1 is 1.30 bits per heavy atom. The largest absolute Gasteiger partial charge is 0.493 e. The predicted molar refractivity (Wildman–Crippen MR) is 99.0 cm³/mol. The molecule has 0 fully saturated rings. The molecule has 138 valence electrons. The highest BCUT2D eigenvalue weighted by Gasteiger charge is 2.25. The van der Waals surface area contributed by atoms with Crippen molar-refractivity contribution in [1.82, 2.24) is 0 Å². The first-order valence-corrected chi connectivity index (χ1v) is 8.51. The van der Waals surface area contributed by atoms with Gasteiger partial charge in [-0.2, -0.15) is 0 Å². The molecule has 0 aliphatic carbocycles. The van der Waals surface area contributed by atoms with Crippen LogP contribution in [0.3, 0.4) is 0 Å². The van der Waals surface area contributed by atoms with Gasteiger partial charge in [-0.1, -0.05) is 6.07 Å². The predicted octanol–water partition coefficient (Wildman–Crippen LogP) is 3.87. The van der Waals surface area contributed by atoms with Gasteiger partial charge < -0.3 is 14.2 Å². The molecule has 0 atom stereocenters. The van der Waals surface area contributed by atoms with Crippen LogP contribution in [-0.2, 0) is 14.3 Å². The monoisotopic (exact) mass is 433 g/mol. The fourth-order valence-corrected chi connectivity index (χ4v) is 2.92. The number of carbonyl (C=O) groups is 2. The summed E-state index contributed by atoms with van der Waals surface area (Å²) in [5.74, 6) is -1.07. The number of ether oxygens (including phenoxy) is 3. The summed E-state index contributed by atoms with van der Waals surface area (Å²) in [5, 5.41) is 0. The zero-order valence-electron chi connectivity index (χ0n) is 14.3. The summed E-state index contributed by atoms with van der Waals surface area (Å²) in [4.78, 5) is 27.4. The third kappa shape index (κ3) is 4.22. The highest BCUT2D eigenvalue weighted by molar-refractivity contribution is 9.10. The van der Waals surface area contributed by atoms with Crippen LogP contribution in [0.15, 0.2) is 51.6 Å². The van der Waals surface area contributed by atoms with E-state index in [9.17, 15) is 14.0 Å². The van der Waals surface area contributed by atoms with E-state index in [-0.39, 0.29) is 17.3 Å². The van der Waals surface area contributed by atoms with Crippen molar-refractivity contribution >= 4 is 39.8 Å². The number of methoxy groups -OCH3 is 1. The standard InChI is InChI=1S/C19H13BrFNO5/c1-10(23)26-17-14(20)6-11(8-16(17)25-2)7-15-19(24)27-18(22-15)12-4-3-5-13(21)9-12/h3-9H,1-2H3/b15-7+. The van der Waals surface area contributed by atoms with Gasteiger partial charge in [0.2, 0.25) is 5.90 Å². The molecule has 0 saturated heterocycles.